The summed E-state index contributed by atoms with van der Waals surface area (Å²) in [4.78, 5) is -0.0313. The highest BCUT2D eigenvalue weighted by atomic mass is 127. The maximum atomic E-state index is 13.0. The van der Waals surface area contributed by atoms with Crippen LogP contribution in [0.2, 0.25) is 0 Å². The number of ether oxygens (including phenoxy) is 1. The summed E-state index contributed by atoms with van der Waals surface area (Å²) in [5.74, 6) is 0.0684. The Morgan fingerprint density at radius 3 is 1.73 bits per heavy atom. The zero-order valence-electron chi connectivity index (χ0n) is 15.5. The van der Waals surface area contributed by atoms with Gasteiger partial charge in [0, 0.05) is 11.4 Å². The van der Waals surface area contributed by atoms with E-state index in [9.17, 15) is 21.2 Å². The molecule has 0 aromatic heterocycles. The van der Waals surface area contributed by atoms with E-state index in [4.69, 9.17) is 4.74 Å². The van der Waals surface area contributed by atoms with Crippen molar-refractivity contribution < 1.29 is 26.0 Å². The first-order chi connectivity index (χ1) is 14.1. The molecule has 0 aliphatic rings. The number of rotatable bonds is 7. The van der Waals surface area contributed by atoms with Gasteiger partial charge in [-0.1, -0.05) is 0 Å². The summed E-state index contributed by atoms with van der Waals surface area (Å²) in [5, 5.41) is 0. The highest BCUT2D eigenvalue weighted by Crippen LogP contribution is 2.26. The van der Waals surface area contributed by atoms with Crippen molar-refractivity contribution in [3.05, 3.63) is 76.1 Å². The minimum absolute atomic E-state index is 0.0439. The van der Waals surface area contributed by atoms with Crippen molar-refractivity contribution in [2.75, 3.05) is 16.6 Å². The summed E-state index contributed by atoms with van der Waals surface area (Å²) in [6, 6.07) is 14.5. The molecule has 0 fully saturated rings. The lowest BCUT2D eigenvalue weighted by molar-refractivity contribution is 0.411. The van der Waals surface area contributed by atoms with Crippen molar-refractivity contribution >= 4 is 54.0 Å². The van der Waals surface area contributed by atoms with Gasteiger partial charge in [-0.25, -0.2) is 21.2 Å². The molecular weight excluding hydrogens is 546 g/mol. The molecule has 0 radical (unpaired) electrons. The average Bonchev–Trinajstić information content (AvgIpc) is 2.69. The molecule has 0 spiro atoms. The van der Waals surface area contributed by atoms with Crippen LogP contribution in [0.25, 0.3) is 0 Å². The van der Waals surface area contributed by atoms with E-state index in [-0.39, 0.29) is 21.2 Å². The molecule has 7 nitrogen and oxygen atoms in total. The number of sulfonamides is 2. The van der Waals surface area contributed by atoms with Crippen LogP contribution in [0.4, 0.5) is 15.8 Å². The Morgan fingerprint density at radius 2 is 1.23 bits per heavy atom. The zero-order valence-corrected chi connectivity index (χ0v) is 19.3. The van der Waals surface area contributed by atoms with Crippen molar-refractivity contribution in [2.24, 2.45) is 0 Å². The fraction of sp³-hybridized carbons (Fsp3) is 0.0526. The van der Waals surface area contributed by atoms with Crippen molar-refractivity contribution in [1.29, 1.82) is 0 Å². The van der Waals surface area contributed by atoms with Crippen LogP contribution in [0.15, 0.2) is 76.5 Å². The van der Waals surface area contributed by atoms with Crippen LogP contribution in [-0.2, 0) is 20.0 Å². The monoisotopic (exact) mass is 562 g/mol. The molecule has 0 aliphatic carbocycles. The van der Waals surface area contributed by atoms with E-state index in [1.807, 2.05) is 22.6 Å². The van der Waals surface area contributed by atoms with Crippen LogP contribution in [0.3, 0.4) is 0 Å². The van der Waals surface area contributed by atoms with Gasteiger partial charge in [0.25, 0.3) is 20.0 Å². The Kier molecular flexibility index (Phi) is 6.53. The minimum Gasteiger partial charge on any atom is -0.496 e. The van der Waals surface area contributed by atoms with Crippen LogP contribution in [0.1, 0.15) is 0 Å². The topological polar surface area (TPSA) is 102 Å². The Bertz CT molecular complexity index is 1260. The molecule has 0 atom stereocenters. The first-order valence-corrected chi connectivity index (χ1v) is 12.4. The lowest BCUT2D eigenvalue weighted by atomic mass is 10.3. The van der Waals surface area contributed by atoms with Gasteiger partial charge in [0.1, 0.15) is 11.6 Å². The normalized spacial score (nSPS) is 11.7. The van der Waals surface area contributed by atoms with E-state index < -0.39 is 25.9 Å². The van der Waals surface area contributed by atoms with Gasteiger partial charge >= 0.3 is 0 Å². The smallest absolute Gasteiger partial charge is 0.261 e. The average molecular weight is 562 g/mol. The molecule has 11 heteroatoms. The fourth-order valence-corrected chi connectivity index (χ4v) is 5.55. The molecule has 3 aromatic rings. The highest BCUT2D eigenvalue weighted by Gasteiger charge is 2.18. The Labute approximate surface area is 187 Å². The number of anilines is 2. The number of nitrogens with one attached hydrogen (secondary N) is 2. The van der Waals surface area contributed by atoms with Crippen LogP contribution in [0.5, 0.6) is 5.75 Å². The number of hydrogen-bond donors (Lipinski definition) is 2. The molecule has 3 rings (SSSR count). The number of halogens is 2. The quantitative estimate of drug-likeness (QED) is 0.424. The third-order valence-corrected chi connectivity index (χ3v) is 7.57. The lowest BCUT2D eigenvalue weighted by Crippen LogP contribution is -2.15. The third-order valence-electron chi connectivity index (χ3n) is 3.95. The Morgan fingerprint density at radius 1 is 0.767 bits per heavy atom. The van der Waals surface area contributed by atoms with Gasteiger partial charge < -0.3 is 4.74 Å². The summed E-state index contributed by atoms with van der Waals surface area (Å²) in [6.45, 7) is 0. The van der Waals surface area contributed by atoms with Gasteiger partial charge in [0.05, 0.1) is 20.5 Å². The summed E-state index contributed by atoms with van der Waals surface area (Å²) in [7, 11) is -6.30. The first-order valence-electron chi connectivity index (χ1n) is 8.35. The van der Waals surface area contributed by atoms with Crippen molar-refractivity contribution in [2.45, 2.75) is 9.79 Å². The van der Waals surface area contributed by atoms with E-state index in [0.29, 0.717) is 9.32 Å². The molecule has 30 heavy (non-hydrogen) atoms. The van der Waals surface area contributed by atoms with Gasteiger partial charge in [0.15, 0.2) is 0 Å². The van der Waals surface area contributed by atoms with E-state index in [1.54, 1.807) is 6.07 Å². The molecule has 0 aliphatic heterocycles. The highest BCUT2D eigenvalue weighted by molar-refractivity contribution is 14.1. The number of benzene rings is 3. The van der Waals surface area contributed by atoms with E-state index in [1.165, 1.54) is 55.6 Å². The second kappa shape index (κ2) is 8.78. The molecule has 0 bridgehead atoms. The number of methoxy groups -OCH3 is 1. The van der Waals surface area contributed by atoms with E-state index in [2.05, 4.69) is 9.44 Å². The third kappa shape index (κ3) is 5.21. The molecular formula is C19H16FIN2O5S2. The van der Waals surface area contributed by atoms with Crippen molar-refractivity contribution in [3.8, 4) is 5.75 Å². The van der Waals surface area contributed by atoms with Gasteiger partial charge in [-0.3, -0.25) is 9.44 Å². The Balaban J connectivity index is 1.78. The van der Waals surface area contributed by atoms with Gasteiger partial charge in [-0.15, -0.1) is 0 Å². The molecule has 2 N–H and O–H groups in total. The van der Waals surface area contributed by atoms with Gasteiger partial charge in [-0.2, -0.15) is 0 Å². The van der Waals surface area contributed by atoms with Crippen LogP contribution >= 0.6 is 22.6 Å². The summed E-state index contributed by atoms with van der Waals surface area (Å²) < 4.78 is 73.5. The minimum atomic E-state index is -3.92. The predicted molar refractivity (Wildman–Crippen MR) is 120 cm³/mol. The number of hydrogen-bond acceptors (Lipinski definition) is 5. The molecule has 3 aromatic carbocycles. The van der Waals surface area contributed by atoms with E-state index in [0.717, 1.165) is 12.1 Å². The molecule has 158 valence electrons. The standard InChI is InChI=1S/C19H16FIN2O5S2/c1-28-19-11-10-17(12-18(19)21)30(26,27)23-15-6-8-16(9-7-15)29(24,25)22-14-4-2-13(20)3-5-14/h2-12,22-23H,1H3. The lowest BCUT2D eigenvalue weighted by Gasteiger charge is -2.11. The molecule has 0 heterocycles. The molecule has 0 saturated heterocycles. The maximum absolute atomic E-state index is 13.0. The Hall–Kier alpha value is -2.38. The van der Waals surface area contributed by atoms with Crippen molar-refractivity contribution in [1.82, 2.24) is 0 Å². The SMILES string of the molecule is COc1ccc(S(=O)(=O)Nc2ccc(S(=O)(=O)Nc3ccc(F)cc3)cc2)cc1I. The van der Waals surface area contributed by atoms with Crippen LogP contribution in [-0.4, -0.2) is 23.9 Å². The van der Waals surface area contributed by atoms with Crippen LogP contribution in [0, 0.1) is 9.39 Å². The van der Waals surface area contributed by atoms with Crippen LogP contribution < -0.4 is 14.2 Å². The molecule has 0 unspecified atom stereocenters. The predicted octanol–water partition coefficient (Wildman–Crippen LogP) is 4.04. The zero-order chi connectivity index (χ0) is 21.9. The fourth-order valence-electron chi connectivity index (χ4n) is 2.46. The van der Waals surface area contributed by atoms with E-state index >= 15 is 0 Å². The summed E-state index contributed by atoms with van der Waals surface area (Å²) in [6.07, 6.45) is 0. The second-order valence-corrected chi connectivity index (χ2v) is 10.6. The molecule has 0 saturated carbocycles. The maximum Gasteiger partial charge on any atom is 0.261 e. The second-order valence-electron chi connectivity index (χ2n) is 6.04. The summed E-state index contributed by atoms with van der Waals surface area (Å²) >= 11 is 1.97. The van der Waals surface area contributed by atoms with Crippen molar-refractivity contribution in [3.63, 3.8) is 0 Å². The largest absolute Gasteiger partial charge is 0.496 e. The molecule has 0 amide bonds. The summed E-state index contributed by atoms with van der Waals surface area (Å²) in [5.41, 5.74) is 0.400. The first kappa shape index (κ1) is 22.3. The van der Waals surface area contributed by atoms with Gasteiger partial charge in [0.2, 0.25) is 0 Å². The van der Waals surface area contributed by atoms with Gasteiger partial charge in [-0.05, 0) is 89.3 Å².